The van der Waals surface area contributed by atoms with Gasteiger partial charge in [-0.05, 0) is 36.6 Å². The Balaban J connectivity index is 1.80. The topological polar surface area (TPSA) is 29.9 Å². The summed E-state index contributed by atoms with van der Waals surface area (Å²) < 4.78 is 2.05. The van der Waals surface area contributed by atoms with Gasteiger partial charge in [0.1, 0.15) is 5.82 Å². The van der Waals surface area contributed by atoms with Crippen LogP contribution in [0.4, 0.5) is 5.82 Å². The quantitative estimate of drug-likeness (QED) is 0.774. The number of nitrogens with one attached hydrogen (secondary N) is 1. The van der Waals surface area contributed by atoms with E-state index in [1.54, 1.807) is 0 Å². The van der Waals surface area contributed by atoms with Crippen LogP contribution >= 0.6 is 11.6 Å². The molecule has 0 fully saturated rings. The summed E-state index contributed by atoms with van der Waals surface area (Å²) in [4.78, 5) is 0. The van der Waals surface area contributed by atoms with Crippen molar-refractivity contribution in [2.45, 2.75) is 19.8 Å². The summed E-state index contributed by atoms with van der Waals surface area (Å²) in [5.74, 6) is 1.13. The summed E-state index contributed by atoms with van der Waals surface area (Å²) >= 11 is 6.32. The van der Waals surface area contributed by atoms with E-state index in [9.17, 15) is 0 Å². The molecule has 1 aromatic heterocycles. The number of nitrogens with zero attached hydrogens (tertiary/aromatic N) is 2. The maximum absolute atomic E-state index is 6.32. The number of hydrogen-bond acceptors (Lipinski definition) is 2. The largest absolute Gasteiger partial charge is 0.369 e. The predicted molar refractivity (Wildman–Crippen MR) is 94.8 cm³/mol. The highest BCUT2D eigenvalue weighted by Crippen LogP contribution is 2.31. The molecule has 0 amide bonds. The first-order chi connectivity index (χ1) is 11.2. The number of fused-ring (bicyclic) bond motifs is 1. The lowest BCUT2D eigenvalue weighted by atomic mass is 10.1. The van der Waals surface area contributed by atoms with Crippen LogP contribution in [0.25, 0.3) is 5.69 Å². The van der Waals surface area contributed by atoms with Crippen molar-refractivity contribution in [1.29, 1.82) is 0 Å². The fourth-order valence-electron chi connectivity index (χ4n) is 3.19. The van der Waals surface area contributed by atoms with Crippen molar-refractivity contribution in [3.05, 3.63) is 75.9 Å². The van der Waals surface area contributed by atoms with Crippen molar-refractivity contribution in [2.24, 2.45) is 0 Å². The summed E-state index contributed by atoms with van der Waals surface area (Å²) in [7, 11) is 0. The minimum atomic E-state index is 0.766. The molecule has 116 valence electrons. The fourth-order valence-corrected chi connectivity index (χ4v) is 3.39. The average Bonchev–Trinajstić information content (AvgIpc) is 3.14. The Morgan fingerprint density at radius 3 is 2.74 bits per heavy atom. The molecule has 2 heterocycles. The molecule has 1 aliphatic rings. The Morgan fingerprint density at radius 1 is 1.13 bits per heavy atom. The van der Waals surface area contributed by atoms with Crippen molar-refractivity contribution in [3.8, 4) is 5.69 Å². The number of benzene rings is 2. The van der Waals surface area contributed by atoms with Gasteiger partial charge in [0.2, 0.25) is 0 Å². The van der Waals surface area contributed by atoms with Gasteiger partial charge < -0.3 is 5.32 Å². The van der Waals surface area contributed by atoms with Gasteiger partial charge in [-0.2, -0.15) is 5.10 Å². The van der Waals surface area contributed by atoms with Gasteiger partial charge in [0, 0.05) is 23.6 Å². The highest BCUT2D eigenvalue weighted by atomic mass is 35.5. The maximum Gasteiger partial charge on any atom is 0.133 e. The molecule has 1 N–H and O–H groups in total. The molecule has 4 rings (SSSR count). The molecule has 0 bridgehead atoms. The normalized spacial score (nSPS) is 13.0. The minimum absolute atomic E-state index is 0.766. The van der Waals surface area contributed by atoms with Crippen LogP contribution in [0.3, 0.4) is 0 Å². The molecule has 0 atom stereocenters. The molecule has 0 aliphatic carbocycles. The summed E-state index contributed by atoms with van der Waals surface area (Å²) in [5, 5.41) is 9.18. The third-order valence-electron chi connectivity index (χ3n) is 4.39. The number of anilines is 1. The number of aryl methyl sites for hydroxylation is 1. The number of para-hydroxylation sites is 1. The van der Waals surface area contributed by atoms with E-state index in [2.05, 4.69) is 42.6 Å². The first-order valence-corrected chi connectivity index (χ1v) is 8.26. The molecule has 1 aliphatic heterocycles. The molecule has 4 heteroatoms. The van der Waals surface area contributed by atoms with Crippen molar-refractivity contribution in [1.82, 2.24) is 9.78 Å². The highest BCUT2D eigenvalue weighted by Gasteiger charge is 2.23. The first-order valence-electron chi connectivity index (χ1n) is 7.88. The Morgan fingerprint density at radius 2 is 1.91 bits per heavy atom. The van der Waals surface area contributed by atoms with E-state index in [0.717, 1.165) is 47.2 Å². The smallest absolute Gasteiger partial charge is 0.133 e. The van der Waals surface area contributed by atoms with Crippen LogP contribution in [0, 0.1) is 6.92 Å². The molecule has 0 unspecified atom stereocenters. The van der Waals surface area contributed by atoms with Crippen molar-refractivity contribution in [3.63, 3.8) is 0 Å². The number of aromatic nitrogens is 2. The molecule has 2 aromatic carbocycles. The van der Waals surface area contributed by atoms with Gasteiger partial charge >= 0.3 is 0 Å². The zero-order chi connectivity index (χ0) is 15.8. The van der Waals surface area contributed by atoms with E-state index in [4.69, 9.17) is 16.7 Å². The zero-order valence-electron chi connectivity index (χ0n) is 13.0. The molecule has 0 saturated carbocycles. The van der Waals surface area contributed by atoms with Gasteiger partial charge in [-0.15, -0.1) is 0 Å². The molecule has 23 heavy (non-hydrogen) atoms. The minimum Gasteiger partial charge on any atom is -0.369 e. The molecule has 0 saturated heterocycles. The number of hydrogen-bond donors (Lipinski definition) is 1. The van der Waals surface area contributed by atoms with Gasteiger partial charge in [-0.1, -0.05) is 48.0 Å². The molecule has 0 radical (unpaired) electrons. The van der Waals surface area contributed by atoms with E-state index in [1.807, 2.05) is 22.9 Å². The lowest BCUT2D eigenvalue weighted by molar-refractivity contribution is 0.835. The highest BCUT2D eigenvalue weighted by molar-refractivity contribution is 6.31. The van der Waals surface area contributed by atoms with Crippen LogP contribution in [-0.2, 0) is 12.8 Å². The second kappa shape index (κ2) is 5.74. The van der Waals surface area contributed by atoms with Gasteiger partial charge in [0.25, 0.3) is 0 Å². The standard InChI is InChI=1S/C19H18ClN3/c1-13-6-2-5-9-18(13)23-19-15(10-11-21-19)17(22-23)12-14-7-3-4-8-16(14)20/h2-9,21H,10-12H2,1H3. The summed E-state index contributed by atoms with van der Waals surface area (Å²) in [5.41, 5.74) is 5.90. The third kappa shape index (κ3) is 2.51. The second-order valence-corrected chi connectivity index (χ2v) is 6.32. The van der Waals surface area contributed by atoms with E-state index in [-0.39, 0.29) is 0 Å². The van der Waals surface area contributed by atoms with Gasteiger partial charge in [0.15, 0.2) is 0 Å². The van der Waals surface area contributed by atoms with Crippen LogP contribution in [0.15, 0.2) is 48.5 Å². The van der Waals surface area contributed by atoms with E-state index in [1.165, 1.54) is 11.1 Å². The van der Waals surface area contributed by atoms with E-state index < -0.39 is 0 Å². The van der Waals surface area contributed by atoms with E-state index >= 15 is 0 Å². The van der Waals surface area contributed by atoms with E-state index in [0.29, 0.717) is 0 Å². The maximum atomic E-state index is 6.32. The van der Waals surface area contributed by atoms with Crippen molar-refractivity contribution in [2.75, 3.05) is 11.9 Å². The number of halogens is 1. The van der Waals surface area contributed by atoms with Crippen LogP contribution in [-0.4, -0.2) is 16.3 Å². The summed E-state index contributed by atoms with van der Waals surface area (Å²) in [6, 6.07) is 16.3. The first kappa shape index (κ1) is 14.3. The van der Waals surface area contributed by atoms with Crippen molar-refractivity contribution < 1.29 is 0 Å². The van der Waals surface area contributed by atoms with Crippen LogP contribution in [0.5, 0.6) is 0 Å². The Kier molecular flexibility index (Phi) is 3.58. The molecular formula is C19H18ClN3. The van der Waals surface area contributed by atoms with Gasteiger partial charge in [-0.25, -0.2) is 4.68 Å². The van der Waals surface area contributed by atoms with Crippen LogP contribution in [0.2, 0.25) is 5.02 Å². The summed E-state index contributed by atoms with van der Waals surface area (Å²) in [6.45, 7) is 3.08. The monoisotopic (exact) mass is 323 g/mol. The predicted octanol–water partition coefficient (Wildman–Crippen LogP) is 4.39. The Hall–Kier alpha value is -2.26. The molecule has 0 spiro atoms. The lowest BCUT2D eigenvalue weighted by Crippen LogP contribution is -2.06. The Bertz CT molecular complexity index is 867. The van der Waals surface area contributed by atoms with Gasteiger partial charge in [-0.3, -0.25) is 0 Å². The Labute approximate surface area is 140 Å². The zero-order valence-corrected chi connectivity index (χ0v) is 13.8. The second-order valence-electron chi connectivity index (χ2n) is 5.92. The number of rotatable bonds is 3. The average molecular weight is 324 g/mol. The van der Waals surface area contributed by atoms with Crippen molar-refractivity contribution >= 4 is 17.4 Å². The molecule has 3 nitrogen and oxygen atoms in total. The lowest BCUT2D eigenvalue weighted by Gasteiger charge is -2.09. The van der Waals surface area contributed by atoms with Crippen LogP contribution in [0.1, 0.15) is 22.4 Å². The SMILES string of the molecule is Cc1ccccc1-n1nc(Cc2ccccc2Cl)c2c1NCC2. The molecule has 3 aromatic rings. The summed E-state index contributed by atoms with van der Waals surface area (Å²) in [6.07, 6.45) is 1.78. The van der Waals surface area contributed by atoms with Crippen LogP contribution < -0.4 is 5.32 Å². The third-order valence-corrected chi connectivity index (χ3v) is 4.76. The molecular weight excluding hydrogens is 306 g/mol. The van der Waals surface area contributed by atoms with Gasteiger partial charge in [0.05, 0.1) is 11.4 Å². The fraction of sp³-hybridized carbons (Fsp3) is 0.211.